The predicted molar refractivity (Wildman–Crippen MR) is 108 cm³/mol. The Labute approximate surface area is 165 Å². The monoisotopic (exact) mass is 382 g/mol. The Kier molecular flexibility index (Phi) is 5.39. The molecule has 6 nitrogen and oxygen atoms in total. The molecule has 4 rings (SSSR count). The second-order valence-corrected chi connectivity index (χ2v) is 7.28. The molecule has 2 aliphatic rings. The van der Waals surface area contributed by atoms with E-state index < -0.39 is 0 Å². The summed E-state index contributed by atoms with van der Waals surface area (Å²) >= 11 is 0. The number of methoxy groups -OCH3 is 1. The first-order valence-electron chi connectivity index (χ1n) is 9.82. The second-order valence-electron chi connectivity index (χ2n) is 7.28. The number of carbonyl (C=O) groups excluding carboxylic acids is 1. The van der Waals surface area contributed by atoms with Gasteiger partial charge in [-0.15, -0.1) is 0 Å². The molecule has 0 saturated carbocycles. The lowest BCUT2D eigenvalue weighted by atomic mass is 9.98. The normalized spacial score (nSPS) is 16.9. The summed E-state index contributed by atoms with van der Waals surface area (Å²) in [4.78, 5) is 17.0. The largest absolute Gasteiger partial charge is 0.508 e. The van der Waals surface area contributed by atoms with Gasteiger partial charge in [0, 0.05) is 30.4 Å². The SMILES string of the molecule is COc1cc(N2CCc3cc(O)ccc3C2=O)ccc1OCCN1CCCC1. The highest BCUT2D eigenvalue weighted by Gasteiger charge is 2.26. The van der Waals surface area contributed by atoms with Crippen LogP contribution in [0, 0.1) is 0 Å². The van der Waals surface area contributed by atoms with Crippen LogP contribution in [0.1, 0.15) is 28.8 Å². The first-order chi connectivity index (χ1) is 13.7. The number of phenolic OH excluding ortho intramolecular Hbond substituents is 1. The van der Waals surface area contributed by atoms with Crippen molar-refractivity contribution in [3.05, 3.63) is 47.5 Å². The molecule has 2 aromatic rings. The molecular weight excluding hydrogens is 356 g/mol. The number of ether oxygens (including phenoxy) is 2. The molecule has 0 aliphatic carbocycles. The molecule has 0 aromatic heterocycles. The van der Waals surface area contributed by atoms with Gasteiger partial charge in [-0.3, -0.25) is 9.69 Å². The van der Waals surface area contributed by atoms with Gasteiger partial charge in [-0.25, -0.2) is 0 Å². The number of hydrogen-bond donors (Lipinski definition) is 1. The van der Waals surface area contributed by atoms with Gasteiger partial charge in [0.05, 0.1) is 7.11 Å². The van der Waals surface area contributed by atoms with Gasteiger partial charge in [0.2, 0.25) is 0 Å². The van der Waals surface area contributed by atoms with Crippen molar-refractivity contribution in [3.8, 4) is 17.2 Å². The Morgan fingerprint density at radius 2 is 1.86 bits per heavy atom. The molecule has 2 aromatic carbocycles. The zero-order valence-electron chi connectivity index (χ0n) is 16.2. The smallest absolute Gasteiger partial charge is 0.258 e. The zero-order valence-corrected chi connectivity index (χ0v) is 16.2. The fourth-order valence-electron chi connectivity index (χ4n) is 3.96. The molecule has 1 fully saturated rings. The molecular formula is C22H26N2O4. The molecule has 0 spiro atoms. The molecule has 28 heavy (non-hydrogen) atoms. The maximum absolute atomic E-state index is 12.9. The molecule has 1 amide bonds. The second kappa shape index (κ2) is 8.10. The lowest BCUT2D eigenvalue weighted by Gasteiger charge is -2.29. The van der Waals surface area contributed by atoms with E-state index in [1.54, 1.807) is 30.2 Å². The fraction of sp³-hybridized carbons (Fsp3) is 0.409. The number of likely N-dealkylation sites (tertiary alicyclic amines) is 1. The highest BCUT2D eigenvalue weighted by molar-refractivity contribution is 6.08. The van der Waals surface area contributed by atoms with E-state index in [-0.39, 0.29) is 11.7 Å². The number of benzene rings is 2. The number of aromatic hydroxyl groups is 1. The highest BCUT2D eigenvalue weighted by atomic mass is 16.5. The summed E-state index contributed by atoms with van der Waals surface area (Å²) in [5.41, 5.74) is 2.30. The Morgan fingerprint density at radius 1 is 1.04 bits per heavy atom. The van der Waals surface area contributed by atoms with Crippen LogP contribution in [0.4, 0.5) is 5.69 Å². The van der Waals surface area contributed by atoms with Crippen molar-refractivity contribution in [1.29, 1.82) is 0 Å². The van der Waals surface area contributed by atoms with Gasteiger partial charge in [-0.1, -0.05) is 0 Å². The average Bonchev–Trinajstić information content (AvgIpc) is 3.22. The van der Waals surface area contributed by atoms with E-state index in [1.165, 1.54) is 12.8 Å². The fourth-order valence-corrected chi connectivity index (χ4v) is 3.96. The minimum atomic E-state index is -0.0639. The van der Waals surface area contributed by atoms with Gasteiger partial charge in [-0.05, 0) is 68.2 Å². The van der Waals surface area contributed by atoms with Gasteiger partial charge >= 0.3 is 0 Å². The van der Waals surface area contributed by atoms with Crippen molar-refractivity contribution in [2.45, 2.75) is 19.3 Å². The van der Waals surface area contributed by atoms with Gasteiger partial charge in [-0.2, -0.15) is 0 Å². The van der Waals surface area contributed by atoms with Gasteiger partial charge in [0.1, 0.15) is 12.4 Å². The van der Waals surface area contributed by atoms with Crippen molar-refractivity contribution in [3.63, 3.8) is 0 Å². The molecule has 2 heterocycles. The Morgan fingerprint density at radius 3 is 2.64 bits per heavy atom. The maximum Gasteiger partial charge on any atom is 0.258 e. The maximum atomic E-state index is 12.9. The number of hydrogen-bond acceptors (Lipinski definition) is 5. The summed E-state index contributed by atoms with van der Waals surface area (Å²) in [6.07, 6.45) is 3.24. The minimum absolute atomic E-state index is 0.0639. The van der Waals surface area contributed by atoms with E-state index in [4.69, 9.17) is 9.47 Å². The predicted octanol–water partition coefficient (Wildman–Crippen LogP) is 3.08. The van der Waals surface area contributed by atoms with Crippen LogP contribution in [0.15, 0.2) is 36.4 Å². The molecule has 1 N–H and O–H groups in total. The first-order valence-corrected chi connectivity index (χ1v) is 9.82. The van der Waals surface area contributed by atoms with Crippen molar-refractivity contribution in [2.24, 2.45) is 0 Å². The molecule has 1 saturated heterocycles. The minimum Gasteiger partial charge on any atom is -0.508 e. The Hall–Kier alpha value is -2.73. The number of nitrogens with zero attached hydrogens (tertiary/aromatic N) is 2. The number of carbonyl (C=O) groups is 1. The van der Waals surface area contributed by atoms with Crippen LogP contribution in [-0.4, -0.2) is 55.8 Å². The van der Waals surface area contributed by atoms with E-state index in [2.05, 4.69) is 4.90 Å². The third-order valence-corrected chi connectivity index (χ3v) is 5.49. The molecule has 6 heteroatoms. The van der Waals surface area contributed by atoms with Crippen LogP contribution >= 0.6 is 0 Å². The molecule has 0 bridgehead atoms. The standard InChI is InChI=1S/C22H26N2O4/c1-27-21-15-17(4-7-20(21)28-13-12-23-9-2-3-10-23)24-11-8-16-14-18(25)5-6-19(16)22(24)26/h4-7,14-15,25H,2-3,8-13H2,1H3. The Balaban J connectivity index is 1.47. The van der Waals surface area contributed by atoms with Crippen LogP contribution < -0.4 is 14.4 Å². The summed E-state index contributed by atoms with van der Waals surface area (Å²) in [6, 6.07) is 10.5. The van der Waals surface area contributed by atoms with Gasteiger partial charge in [0.15, 0.2) is 11.5 Å². The number of amides is 1. The number of phenols is 1. The summed E-state index contributed by atoms with van der Waals surface area (Å²) < 4.78 is 11.4. The van der Waals surface area contributed by atoms with Crippen molar-refractivity contribution < 1.29 is 19.4 Å². The van der Waals surface area contributed by atoms with Gasteiger partial charge < -0.3 is 19.5 Å². The molecule has 0 radical (unpaired) electrons. The summed E-state index contributed by atoms with van der Waals surface area (Å²) in [5, 5.41) is 9.64. The average molecular weight is 382 g/mol. The number of fused-ring (bicyclic) bond motifs is 1. The van der Waals surface area contributed by atoms with Crippen molar-refractivity contribution in [1.82, 2.24) is 4.90 Å². The zero-order chi connectivity index (χ0) is 19.5. The lowest BCUT2D eigenvalue weighted by Crippen LogP contribution is -2.37. The van der Waals surface area contributed by atoms with E-state index in [1.807, 2.05) is 18.2 Å². The molecule has 2 aliphatic heterocycles. The van der Waals surface area contributed by atoms with E-state index in [0.717, 1.165) is 30.9 Å². The lowest BCUT2D eigenvalue weighted by molar-refractivity contribution is 0.0980. The van der Waals surface area contributed by atoms with E-state index in [0.29, 0.717) is 36.6 Å². The van der Waals surface area contributed by atoms with Crippen LogP contribution in [-0.2, 0) is 6.42 Å². The Bertz CT molecular complexity index is 862. The van der Waals surface area contributed by atoms with Gasteiger partial charge in [0.25, 0.3) is 5.91 Å². The number of anilines is 1. The van der Waals surface area contributed by atoms with E-state index in [9.17, 15) is 9.90 Å². The summed E-state index contributed by atoms with van der Waals surface area (Å²) in [5.74, 6) is 1.45. The van der Waals surface area contributed by atoms with Crippen LogP contribution in [0.2, 0.25) is 0 Å². The first kappa shape index (κ1) is 18.6. The third kappa shape index (κ3) is 3.78. The molecule has 148 valence electrons. The molecule has 0 unspecified atom stereocenters. The highest BCUT2D eigenvalue weighted by Crippen LogP contribution is 2.34. The summed E-state index contributed by atoms with van der Waals surface area (Å²) in [7, 11) is 1.61. The molecule has 0 atom stereocenters. The third-order valence-electron chi connectivity index (χ3n) is 5.49. The topological polar surface area (TPSA) is 62.2 Å². The summed E-state index contributed by atoms with van der Waals surface area (Å²) in [6.45, 7) is 4.40. The number of rotatable bonds is 6. The van der Waals surface area contributed by atoms with Crippen LogP contribution in [0.5, 0.6) is 17.2 Å². The van der Waals surface area contributed by atoms with E-state index >= 15 is 0 Å². The van der Waals surface area contributed by atoms with Crippen LogP contribution in [0.3, 0.4) is 0 Å². The van der Waals surface area contributed by atoms with Crippen molar-refractivity contribution in [2.75, 3.05) is 44.8 Å². The van der Waals surface area contributed by atoms with Crippen molar-refractivity contribution >= 4 is 11.6 Å². The van der Waals surface area contributed by atoms with Crippen LogP contribution in [0.25, 0.3) is 0 Å². The quantitative estimate of drug-likeness (QED) is 0.832.